The number of hydrogen-bond donors (Lipinski definition) is 0. The summed E-state index contributed by atoms with van der Waals surface area (Å²) in [7, 11) is 0. The summed E-state index contributed by atoms with van der Waals surface area (Å²) in [4.78, 5) is 0. The van der Waals surface area contributed by atoms with Crippen LogP contribution in [0.3, 0.4) is 0 Å². The van der Waals surface area contributed by atoms with Gasteiger partial charge in [0.25, 0.3) is 5.67 Å². The topological polar surface area (TPSA) is 9.23 Å². The monoisotopic (exact) mass is 312 g/mol. The highest BCUT2D eigenvalue weighted by atomic mass is 19.4. The lowest BCUT2D eigenvalue weighted by Gasteiger charge is -2.30. The molecule has 1 unspecified atom stereocenters. The predicted octanol–water partition coefficient (Wildman–Crippen LogP) is 6.13. The second-order valence-corrected chi connectivity index (χ2v) is 4.16. The molecule has 0 aliphatic heterocycles. The molecule has 0 aliphatic rings. The van der Waals surface area contributed by atoms with E-state index in [0.29, 0.717) is 0 Å². The van der Waals surface area contributed by atoms with E-state index in [4.69, 9.17) is 0 Å². The van der Waals surface area contributed by atoms with Gasteiger partial charge in [-0.1, -0.05) is 47.0 Å². The van der Waals surface area contributed by atoms with Gasteiger partial charge in [0.05, 0.1) is 6.61 Å². The Morgan fingerprint density at radius 3 is 1.20 bits per heavy atom. The summed E-state index contributed by atoms with van der Waals surface area (Å²) in [6, 6.07) is 0. The van der Waals surface area contributed by atoms with Crippen LogP contribution in [0.2, 0.25) is 0 Å². The SMILES string of the molecule is CCC.CCCC.CCOC(F)(F)C(C)(F)C(F)(F)F. The molecular weight excluding hydrogens is 286 g/mol. The first-order valence-corrected chi connectivity index (χ1v) is 6.66. The Morgan fingerprint density at radius 1 is 0.750 bits per heavy atom. The molecule has 0 bridgehead atoms. The molecular formula is C13H26F6O. The maximum Gasteiger partial charge on any atom is 0.430 e. The second-order valence-electron chi connectivity index (χ2n) is 4.16. The van der Waals surface area contributed by atoms with Crippen molar-refractivity contribution in [3.63, 3.8) is 0 Å². The van der Waals surface area contributed by atoms with E-state index < -0.39 is 24.6 Å². The minimum Gasteiger partial charge on any atom is -0.318 e. The first-order chi connectivity index (χ1) is 8.89. The Bertz CT molecular complexity index is 211. The minimum atomic E-state index is -5.66. The lowest BCUT2D eigenvalue weighted by Crippen LogP contribution is -2.54. The van der Waals surface area contributed by atoms with E-state index >= 15 is 0 Å². The third kappa shape index (κ3) is 9.44. The fourth-order valence-corrected chi connectivity index (χ4v) is 0.482. The lowest BCUT2D eigenvalue weighted by molar-refractivity contribution is -0.375. The first kappa shape index (κ1) is 24.6. The minimum absolute atomic E-state index is 0.261. The molecule has 0 rings (SSSR count). The molecule has 0 heterocycles. The van der Waals surface area contributed by atoms with Gasteiger partial charge in [-0.2, -0.15) is 22.0 Å². The number of rotatable bonds is 4. The largest absolute Gasteiger partial charge is 0.430 e. The molecule has 0 saturated carbocycles. The Balaban J connectivity index is -0.000000343. The summed E-state index contributed by atoms with van der Waals surface area (Å²) in [5.41, 5.74) is -4.67. The second kappa shape index (κ2) is 11.2. The van der Waals surface area contributed by atoms with Crippen molar-refractivity contribution in [1.82, 2.24) is 0 Å². The molecule has 1 nitrogen and oxygen atoms in total. The van der Waals surface area contributed by atoms with Gasteiger partial charge >= 0.3 is 12.3 Å². The molecule has 7 heteroatoms. The standard InChI is InChI=1S/C6H8F6O.C4H10.C3H8/c1-3-13-6(11,12)4(2,7)5(8,9)10;1-3-4-2;1-3-2/h3H2,1-2H3;3-4H2,1-2H3;3H2,1-2H3. The normalized spacial score (nSPS) is 14.4. The van der Waals surface area contributed by atoms with Gasteiger partial charge in [0.15, 0.2) is 0 Å². The van der Waals surface area contributed by atoms with Crippen LogP contribution in [0.4, 0.5) is 26.3 Å². The maximum atomic E-state index is 12.6. The first-order valence-electron chi connectivity index (χ1n) is 6.66. The Hall–Kier alpha value is -0.460. The number of unbranched alkanes of at least 4 members (excludes halogenated alkanes) is 1. The number of hydrogen-bond acceptors (Lipinski definition) is 1. The van der Waals surface area contributed by atoms with Crippen LogP contribution in [-0.2, 0) is 4.74 Å². The average Bonchev–Trinajstić information content (AvgIpc) is 2.28. The summed E-state index contributed by atoms with van der Waals surface area (Å²) in [6.45, 7) is 8.69. The van der Waals surface area contributed by atoms with Crippen molar-refractivity contribution < 1.29 is 31.1 Å². The third-order valence-electron chi connectivity index (χ3n) is 1.90. The van der Waals surface area contributed by atoms with E-state index in [9.17, 15) is 26.3 Å². The van der Waals surface area contributed by atoms with E-state index in [2.05, 4.69) is 32.4 Å². The zero-order chi connectivity index (χ0) is 17.0. The molecule has 0 saturated heterocycles. The molecule has 20 heavy (non-hydrogen) atoms. The number of alkyl halides is 6. The molecule has 0 aromatic carbocycles. The van der Waals surface area contributed by atoms with E-state index in [0.717, 1.165) is 6.92 Å². The van der Waals surface area contributed by atoms with Crippen molar-refractivity contribution in [2.45, 2.75) is 78.8 Å². The van der Waals surface area contributed by atoms with Crippen molar-refractivity contribution in [3.8, 4) is 0 Å². The highest BCUT2D eigenvalue weighted by Crippen LogP contribution is 2.45. The Morgan fingerprint density at radius 2 is 1.05 bits per heavy atom. The smallest absolute Gasteiger partial charge is 0.318 e. The van der Waals surface area contributed by atoms with Gasteiger partial charge in [-0.25, -0.2) is 4.39 Å². The van der Waals surface area contributed by atoms with Crippen LogP contribution >= 0.6 is 0 Å². The van der Waals surface area contributed by atoms with Crippen LogP contribution in [0, 0.1) is 0 Å². The van der Waals surface area contributed by atoms with Crippen molar-refractivity contribution in [2.24, 2.45) is 0 Å². The molecule has 0 N–H and O–H groups in total. The number of halogens is 6. The molecule has 126 valence electrons. The van der Waals surface area contributed by atoms with Gasteiger partial charge in [-0.15, -0.1) is 0 Å². The van der Waals surface area contributed by atoms with Crippen LogP contribution in [0.5, 0.6) is 0 Å². The van der Waals surface area contributed by atoms with Crippen molar-refractivity contribution in [3.05, 3.63) is 0 Å². The highest BCUT2D eigenvalue weighted by molar-refractivity contribution is 4.90. The summed E-state index contributed by atoms with van der Waals surface area (Å²) >= 11 is 0. The average molecular weight is 312 g/mol. The molecule has 0 radical (unpaired) electrons. The Kier molecular flexibility index (Phi) is 13.8. The van der Waals surface area contributed by atoms with E-state index in [-0.39, 0.29) is 6.92 Å². The van der Waals surface area contributed by atoms with Crippen molar-refractivity contribution >= 4 is 0 Å². The Labute approximate surface area is 117 Å². The fraction of sp³-hybridized carbons (Fsp3) is 1.00. The van der Waals surface area contributed by atoms with E-state index in [1.165, 1.54) is 19.3 Å². The molecule has 0 aliphatic carbocycles. The summed E-state index contributed by atoms with van der Waals surface area (Å²) in [5.74, 6) is 0. The van der Waals surface area contributed by atoms with E-state index in [1.807, 2.05) is 0 Å². The van der Waals surface area contributed by atoms with Gasteiger partial charge in [0.2, 0.25) is 0 Å². The third-order valence-corrected chi connectivity index (χ3v) is 1.90. The van der Waals surface area contributed by atoms with Crippen LogP contribution in [-0.4, -0.2) is 24.6 Å². The van der Waals surface area contributed by atoms with Gasteiger partial charge in [-0.3, -0.25) is 0 Å². The molecule has 1 atom stereocenters. The summed E-state index contributed by atoms with van der Waals surface area (Å²) in [6.07, 6.45) is -6.63. The van der Waals surface area contributed by atoms with Gasteiger partial charge in [0.1, 0.15) is 0 Å². The van der Waals surface area contributed by atoms with Gasteiger partial charge in [-0.05, 0) is 13.8 Å². The maximum absolute atomic E-state index is 12.6. The zero-order valence-corrected chi connectivity index (χ0v) is 13.0. The van der Waals surface area contributed by atoms with E-state index in [1.54, 1.807) is 0 Å². The zero-order valence-electron chi connectivity index (χ0n) is 13.0. The molecule has 0 spiro atoms. The van der Waals surface area contributed by atoms with Crippen molar-refractivity contribution in [1.29, 1.82) is 0 Å². The highest BCUT2D eigenvalue weighted by Gasteiger charge is 2.69. The summed E-state index contributed by atoms with van der Waals surface area (Å²) < 4.78 is 75.9. The molecule has 0 aromatic rings. The molecule has 0 fully saturated rings. The predicted molar refractivity (Wildman–Crippen MR) is 68.7 cm³/mol. The van der Waals surface area contributed by atoms with Gasteiger partial charge in [0, 0.05) is 0 Å². The fourth-order valence-electron chi connectivity index (χ4n) is 0.482. The molecule has 0 aromatic heterocycles. The quantitative estimate of drug-likeness (QED) is 0.567. The van der Waals surface area contributed by atoms with Crippen LogP contribution in [0.15, 0.2) is 0 Å². The lowest BCUT2D eigenvalue weighted by atomic mass is 10.1. The van der Waals surface area contributed by atoms with Crippen LogP contribution in [0.25, 0.3) is 0 Å². The molecule has 0 amide bonds. The van der Waals surface area contributed by atoms with Crippen LogP contribution < -0.4 is 0 Å². The van der Waals surface area contributed by atoms with Crippen LogP contribution in [0.1, 0.15) is 60.8 Å². The number of ether oxygens (including phenoxy) is 1. The van der Waals surface area contributed by atoms with Gasteiger partial charge < -0.3 is 4.74 Å². The van der Waals surface area contributed by atoms with Crippen molar-refractivity contribution in [2.75, 3.05) is 6.61 Å². The summed E-state index contributed by atoms with van der Waals surface area (Å²) in [5, 5.41) is 0.